The zero-order chi connectivity index (χ0) is 12.4. The minimum Gasteiger partial charge on any atom is -0.204 e. The van der Waals surface area contributed by atoms with Crippen LogP contribution in [0.1, 0.15) is 11.1 Å². The van der Waals surface area contributed by atoms with Crippen LogP contribution in [0.15, 0.2) is 42.7 Å². The van der Waals surface area contributed by atoms with Gasteiger partial charge in [-0.25, -0.2) is 13.2 Å². The molecule has 2 aromatic rings. The standard InChI is InChI=1S/C12H8ClF3N/c13-12(17-4-2-1-3-5-17)8-6-9(14)11(16)10(15)7-8/h1-7,12H/q+1/t12-/m0/s1. The summed E-state index contributed by atoms with van der Waals surface area (Å²) in [5, 5.41) is 0. The summed E-state index contributed by atoms with van der Waals surface area (Å²) in [4.78, 5) is 0. The molecule has 0 saturated carbocycles. The van der Waals surface area contributed by atoms with Crippen LogP contribution >= 0.6 is 11.6 Å². The zero-order valence-electron chi connectivity index (χ0n) is 8.58. The normalized spacial score (nSPS) is 12.5. The van der Waals surface area contributed by atoms with Crippen LogP contribution in [0, 0.1) is 17.5 Å². The molecule has 1 aromatic carbocycles. The van der Waals surface area contributed by atoms with E-state index in [1.165, 1.54) is 0 Å². The van der Waals surface area contributed by atoms with E-state index in [0.29, 0.717) is 0 Å². The van der Waals surface area contributed by atoms with E-state index in [2.05, 4.69) is 0 Å². The summed E-state index contributed by atoms with van der Waals surface area (Å²) in [6.07, 6.45) is 3.30. The van der Waals surface area contributed by atoms with Crippen LogP contribution in [-0.2, 0) is 0 Å². The van der Waals surface area contributed by atoms with Crippen molar-refractivity contribution in [2.45, 2.75) is 5.50 Å². The van der Waals surface area contributed by atoms with E-state index in [9.17, 15) is 13.2 Å². The van der Waals surface area contributed by atoms with Crippen molar-refractivity contribution in [2.24, 2.45) is 0 Å². The Morgan fingerprint density at radius 3 is 2.00 bits per heavy atom. The fourth-order valence-corrected chi connectivity index (χ4v) is 1.70. The summed E-state index contributed by atoms with van der Waals surface area (Å²) >= 11 is 6.04. The Labute approximate surface area is 101 Å². The second-order valence-corrected chi connectivity index (χ2v) is 3.87. The van der Waals surface area contributed by atoms with Gasteiger partial charge in [0.15, 0.2) is 29.8 Å². The number of rotatable bonds is 2. The molecule has 0 amide bonds. The van der Waals surface area contributed by atoms with Crippen molar-refractivity contribution in [3.8, 4) is 0 Å². The number of aromatic nitrogens is 1. The predicted octanol–water partition coefficient (Wildman–Crippen LogP) is 3.18. The third kappa shape index (κ3) is 2.42. The molecular formula is C12H8ClF3N+. The lowest BCUT2D eigenvalue weighted by Gasteiger charge is -2.06. The molecule has 0 unspecified atom stereocenters. The lowest BCUT2D eigenvalue weighted by Crippen LogP contribution is -2.35. The Morgan fingerprint density at radius 2 is 1.47 bits per heavy atom. The molecule has 0 spiro atoms. The quantitative estimate of drug-likeness (QED) is 0.443. The molecule has 1 aromatic heterocycles. The second kappa shape index (κ2) is 4.75. The number of hydrogen-bond donors (Lipinski definition) is 0. The summed E-state index contributed by atoms with van der Waals surface area (Å²) in [5.41, 5.74) is -0.639. The maximum atomic E-state index is 13.0. The first-order chi connectivity index (χ1) is 8.09. The smallest absolute Gasteiger partial charge is 0.204 e. The third-order valence-electron chi connectivity index (χ3n) is 2.28. The van der Waals surface area contributed by atoms with Crippen molar-refractivity contribution < 1.29 is 17.7 Å². The first-order valence-corrected chi connectivity index (χ1v) is 5.27. The van der Waals surface area contributed by atoms with Gasteiger partial charge in [-0.3, -0.25) is 0 Å². The molecule has 2 rings (SSSR count). The largest absolute Gasteiger partial charge is 0.258 e. The molecule has 0 saturated heterocycles. The lowest BCUT2D eigenvalue weighted by atomic mass is 10.2. The number of pyridine rings is 1. The number of halogens is 4. The van der Waals surface area contributed by atoms with Crippen molar-refractivity contribution in [2.75, 3.05) is 0 Å². The number of alkyl halides is 1. The summed E-state index contributed by atoms with van der Waals surface area (Å²) in [7, 11) is 0. The summed E-state index contributed by atoms with van der Waals surface area (Å²) < 4.78 is 40.4. The maximum absolute atomic E-state index is 13.0. The molecule has 88 valence electrons. The van der Waals surface area contributed by atoms with Crippen LogP contribution in [0.25, 0.3) is 0 Å². The van der Waals surface area contributed by atoms with E-state index in [1.807, 2.05) is 0 Å². The number of nitrogens with zero attached hydrogens (tertiary/aromatic N) is 1. The van der Waals surface area contributed by atoms with Crippen molar-refractivity contribution in [3.05, 3.63) is 65.7 Å². The average Bonchev–Trinajstić information content (AvgIpc) is 2.35. The Hall–Kier alpha value is -1.55. The Morgan fingerprint density at radius 1 is 0.941 bits per heavy atom. The highest BCUT2D eigenvalue weighted by atomic mass is 35.5. The average molecular weight is 259 g/mol. The van der Waals surface area contributed by atoms with Crippen LogP contribution in [0.4, 0.5) is 13.2 Å². The van der Waals surface area contributed by atoms with E-state index < -0.39 is 23.0 Å². The van der Waals surface area contributed by atoms with Gasteiger partial charge < -0.3 is 0 Å². The molecule has 0 aliphatic carbocycles. The van der Waals surface area contributed by atoms with Crippen LogP contribution in [0.2, 0.25) is 0 Å². The zero-order valence-corrected chi connectivity index (χ0v) is 9.33. The summed E-state index contributed by atoms with van der Waals surface area (Å²) in [6, 6.07) is 7.01. The van der Waals surface area contributed by atoms with Crippen molar-refractivity contribution in [3.63, 3.8) is 0 Å². The van der Waals surface area contributed by atoms with Crippen LogP contribution < -0.4 is 4.57 Å². The molecule has 1 atom stereocenters. The maximum Gasteiger partial charge on any atom is 0.258 e. The van der Waals surface area contributed by atoms with Crippen molar-refractivity contribution in [1.82, 2.24) is 0 Å². The Bertz CT molecular complexity index is 508. The molecule has 0 bridgehead atoms. The van der Waals surface area contributed by atoms with E-state index >= 15 is 0 Å². The van der Waals surface area contributed by atoms with Crippen LogP contribution in [-0.4, -0.2) is 0 Å². The molecular weight excluding hydrogens is 251 g/mol. The molecule has 5 heteroatoms. The van der Waals surface area contributed by atoms with E-state index in [1.54, 1.807) is 35.2 Å². The first kappa shape index (κ1) is 11.9. The van der Waals surface area contributed by atoms with Crippen molar-refractivity contribution in [1.29, 1.82) is 0 Å². The van der Waals surface area contributed by atoms with Gasteiger partial charge in [-0.1, -0.05) is 6.07 Å². The molecule has 17 heavy (non-hydrogen) atoms. The molecule has 0 N–H and O–H groups in total. The van der Waals surface area contributed by atoms with Crippen molar-refractivity contribution >= 4 is 11.6 Å². The van der Waals surface area contributed by atoms with Gasteiger partial charge in [-0.15, -0.1) is 0 Å². The number of hydrogen-bond acceptors (Lipinski definition) is 0. The van der Waals surface area contributed by atoms with Gasteiger partial charge >= 0.3 is 0 Å². The minimum absolute atomic E-state index is 0.152. The lowest BCUT2D eigenvalue weighted by molar-refractivity contribution is -0.694. The van der Waals surface area contributed by atoms with E-state index in [-0.39, 0.29) is 5.56 Å². The predicted molar refractivity (Wildman–Crippen MR) is 56.9 cm³/mol. The monoisotopic (exact) mass is 258 g/mol. The fourth-order valence-electron chi connectivity index (χ4n) is 1.45. The SMILES string of the molecule is Fc1cc([C@@H](Cl)[n+]2ccccc2)cc(F)c1F. The summed E-state index contributed by atoms with van der Waals surface area (Å²) in [5.74, 6) is -3.99. The van der Waals surface area contributed by atoms with Gasteiger partial charge in [0, 0.05) is 17.7 Å². The van der Waals surface area contributed by atoms with Crippen LogP contribution in [0.3, 0.4) is 0 Å². The molecule has 0 aliphatic heterocycles. The fraction of sp³-hybridized carbons (Fsp3) is 0.0833. The minimum atomic E-state index is -1.49. The molecule has 1 heterocycles. The highest BCUT2D eigenvalue weighted by Crippen LogP contribution is 2.21. The Balaban J connectivity index is 2.41. The molecule has 0 fully saturated rings. The molecule has 1 nitrogen and oxygen atoms in total. The Kier molecular flexibility index (Phi) is 3.33. The first-order valence-electron chi connectivity index (χ1n) is 4.84. The topological polar surface area (TPSA) is 3.88 Å². The van der Waals surface area contributed by atoms with Crippen LogP contribution in [0.5, 0.6) is 0 Å². The molecule has 0 radical (unpaired) electrons. The van der Waals surface area contributed by atoms with Gasteiger partial charge in [0.25, 0.3) is 5.50 Å². The van der Waals surface area contributed by atoms with Gasteiger partial charge in [0.2, 0.25) is 0 Å². The van der Waals surface area contributed by atoms with E-state index in [0.717, 1.165) is 12.1 Å². The van der Waals surface area contributed by atoms with Gasteiger partial charge in [-0.2, -0.15) is 4.57 Å². The summed E-state index contributed by atoms with van der Waals surface area (Å²) in [6.45, 7) is 0. The number of benzene rings is 1. The van der Waals surface area contributed by atoms with Gasteiger partial charge in [-0.05, 0) is 23.7 Å². The highest BCUT2D eigenvalue weighted by Gasteiger charge is 2.21. The highest BCUT2D eigenvalue weighted by molar-refractivity contribution is 6.19. The molecule has 0 aliphatic rings. The van der Waals surface area contributed by atoms with E-state index in [4.69, 9.17) is 11.6 Å². The van der Waals surface area contributed by atoms with Gasteiger partial charge in [0.05, 0.1) is 0 Å². The third-order valence-corrected chi connectivity index (χ3v) is 2.76. The van der Waals surface area contributed by atoms with Gasteiger partial charge in [0.1, 0.15) is 0 Å². The second-order valence-electron chi connectivity index (χ2n) is 3.46.